The Hall–Kier alpha value is -1.19. The zero-order valence-corrected chi connectivity index (χ0v) is 12.5. The highest BCUT2D eigenvalue weighted by atomic mass is 79.9. The molecule has 0 saturated heterocycles. The summed E-state index contributed by atoms with van der Waals surface area (Å²) in [4.78, 5) is 0. The minimum atomic E-state index is -0.213. The average Bonchev–Trinajstić information content (AvgIpc) is 2.42. The standard InChI is InChI=1S/C16H17BrFN/c1-2-19-16(12-6-4-3-5-7-12)10-13-8-9-14(18)11-15(13)17/h3-9,11,16,19H,2,10H2,1H3. The molecule has 0 radical (unpaired) electrons. The summed E-state index contributed by atoms with van der Waals surface area (Å²) in [6.45, 7) is 2.99. The van der Waals surface area contributed by atoms with E-state index in [1.165, 1.54) is 17.7 Å². The summed E-state index contributed by atoms with van der Waals surface area (Å²) in [6.07, 6.45) is 0.832. The lowest BCUT2D eigenvalue weighted by molar-refractivity contribution is 0.547. The predicted molar refractivity (Wildman–Crippen MR) is 80.7 cm³/mol. The Bertz CT molecular complexity index is 528. The van der Waals surface area contributed by atoms with Gasteiger partial charge in [0, 0.05) is 10.5 Å². The van der Waals surface area contributed by atoms with Crippen LogP contribution in [0.2, 0.25) is 0 Å². The van der Waals surface area contributed by atoms with E-state index in [-0.39, 0.29) is 11.9 Å². The number of nitrogens with one attached hydrogen (secondary N) is 1. The predicted octanol–water partition coefficient (Wildman–Crippen LogP) is 4.48. The molecule has 2 rings (SSSR count). The smallest absolute Gasteiger partial charge is 0.124 e. The van der Waals surface area contributed by atoms with Crippen LogP contribution < -0.4 is 5.32 Å². The molecule has 0 fully saturated rings. The highest BCUT2D eigenvalue weighted by molar-refractivity contribution is 9.10. The van der Waals surface area contributed by atoms with Crippen LogP contribution in [0.25, 0.3) is 0 Å². The Labute approximate surface area is 122 Å². The van der Waals surface area contributed by atoms with Crippen LogP contribution in [-0.2, 0) is 6.42 Å². The molecular weight excluding hydrogens is 305 g/mol. The molecule has 0 amide bonds. The van der Waals surface area contributed by atoms with Gasteiger partial charge in [-0.05, 0) is 36.2 Å². The minimum absolute atomic E-state index is 0.213. The SMILES string of the molecule is CCNC(Cc1ccc(F)cc1Br)c1ccccc1. The van der Waals surface area contributed by atoms with E-state index < -0.39 is 0 Å². The fourth-order valence-electron chi connectivity index (χ4n) is 2.15. The number of hydrogen-bond acceptors (Lipinski definition) is 1. The summed E-state index contributed by atoms with van der Waals surface area (Å²) >= 11 is 3.43. The molecule has 0 aromatic heterocycles. The summed E-state index contributed by atoms with van der Waals surface area (Å²) in [7, 11) is 0. The van der Waals surface area contributed by atoms with E-state index >= 15 is 0 Å². The van der Waals surface area contributed by atoms with E-state index in [2.05, 4.69) is 40.3 Å². The van der Waals surface area contributed by atoms with Crippen molar-refractivity contribution in [3.8, 4) is 0 Å². The van der Waals surface area contributed by atoms with Crippen molar-refractivity contribution in [3.63, 3.8) is 0 Å². The van der Waals surface area contributed by atoms with Crippen LogP contribution in [-0.4, -0.2) is 6.54 Å². The van der Waals surface area contributed by atoms with Crippen molar-refractivity contribution >= 4 is 15.9 Å². The number of likely N-dealkylation sites (N-methyl/N-ethyl adjacent to an activating group) is 1. The van der Waals surface area contributed by atoms with Crippen molar-refractivity contribution in [1.82, 2.24) is 5.32 Å². The fourth-order valence-corrected chi connectivity index (χ4v) is 2.66. The number of rotatable bonds is 5. The molecule has 19 heavy (non-hydrogen) atoms. The van der Waals surface area contributed by atoms with Crippen LogP contribution in [0.5, 0.6) is 0 Å². The second-order valence-corrected chi connectivity index (χ2v) is 5.32. The first-order valence-corrected chi connectivity index (χ1v) is 7.22. The van der Waals surface area contributed by atoms with Crippen molar-refractivity contribution in [1.29, 1.82) is 0 Å². The topological polar surface area (TPSA) is 12.0 Å². The first-order valence-electron chi connectivity index (χ1n) is 6.43. The molecule has 0 spiro atoms. The molecule has 2 aromatic carbocycles. The second kappa shape index (κ2) is 6.83. The van der Waals surface area contributed by atoms with Gasteiger partial charge in [0.2, 0.25) is 0 Å². The van der Waals surface area contributed by atoms with E-state index in [4.69, 9.17) is 0 Å². The van der Waals surface area contributed by atoms with Crippen LogP contribution in [0.4, 0.5) is 4.39 Å². The van der Waals surface area contributed by atoms with Crippen LogP contribution in [0, 0.1) is 5.82 Å². The van der Waals surface area contributed by atoms with Crippen LogP contribution in [0.3, 0.4) is 0 Å². The Morgan fingerprint density at radius 1 is 1.16 bits per heavy atom. The lowest BCUT2D eigenvalue weighted by Crippen LogP contribution is -2.23. The van der Waals surface area contributed by atoms with Gasteiger partial charge in [-0.2, -0.15) is 0 Å². The summed E-state index contributed by atoms with van der Waals surface area (Å²) in [5.74, 6) is -0.213. The first-order chi connectivity index (χ1) is 9.20. The average molecular weight is 322 g/mol. The molecule has 0 saturated carbocycles. The monoisotopic (exact) mass is 321 g/mol. The number of benzene rings is 2. The van der Waals surface area contributed by atoms with Gasteiger partial charge in [-0.25, -0.2) is 4.39 Å². The van der Waals surface area contributed by atoms with E-state index in [1.807, 2.05) is 24.3 Å². The number of halogens is 2. The molecule has 1 N–H and O–H groups in total. The molecular formula is C16H17BrFN. The molecule has 1 unspecified atom stereocenters. The normalized spacial score (nSPS) is 12.4. The lowest BCUT2D eigenvalue weighted by atomic mass is 9.99. The molecule has 0 heterocycles. The van der Waals surface area contributed by atoms with Gasteiger partial charge >= 0.3 is 0 Å². The molecule has 0 bridgehead atoms. The quantitative estimate of drug-likeness (QED) is 0.856. The third-order valence-corrected chi connectivity index (χ3v) is 3.83. The summed E-state index contributed by atoms with van der Waals surface area (Å²) < 4.78 is 13.9. The van der Waals surface area contributed by atoms with Crippen LogP contribution >= 0.6 is 15.9 Å². The van der Waals surface area contributed by atoms with Crippen molar-refractivity contribution in [3.05, 3.63) is 69.9 Å². The summed E-state index contributed by atoms with van der Waals surface area (Å²) in [6, 6.07) is 15.4. The highest BCUT2D eigenvalue weighted by Gasteiger charge is 2.12. The summed E-state index contributed by atoms with van der Waals surface area (Å²) in [5.41, 5.74) is 2.36. The second-order valence-electron chi connectivity index (χ2n) is 4.46. The van der Waals surface area contributed by atoms with E-state index in [1.54, 1.807) is 0 Å². The molecule has 0 aliphatic carbocycles. The maximum atomic E-state index is 13.1. The Morgan fingerprint density at radius 3 is 2.53 bits per heavy atom. The fraction of sp³-hybridized carbons (Fsp3) is 0.250. The van der Waals surface area contributed by atoms with Gasteiger partial charge in [0.15, 0.2) is 0 Å². The zero-order chi connectivity index (χ0) is 13.7. The highest BCUT2D eigenvalue weighted by Crippen LogP contribution is 2.24. The van der Waals surface area contributed by atoms with Gasteiger partial charge in [0.25, 0.3) is 0 Å². The molecule has 3 heteroatoms. The van der Waals surface area contributed by atoms with Gasteiger partial charge in [-0.1, -0.05) is 59.3 Å². The van der Waals surface area contributed by atoms with Gasteiger partial charge < -0.3 is 5.32 Å². The Morgan fingerprint density at radius 2 is 1.89 bits per heavy atom. The Kier molecular flexibility index (Phi) is 5.11. The van der Waals surface area contributed by atoms with Crippen molar-refractivity contribution in [2.24, 2.45) is 0 Å². The maximum Gasteiger partial charge on any atom is 0.124 e. The Balaban J connectivity index is 2.21. The van der Waals surface area contributed by atoms with E-state index in [9.17, 15) is 4.39 Å². The molecule has 100 valence electrons. The van der Waals surface area contributed by atoms with Crippen molar-refractivity contribution in [2.45, 2.75) is 19.4 Å². The molecule has 1 nitrogen and oxygen atoms in total. The molecule has 1 atom stereocenters. The minimum Gasteiger partial charge on any atom is -0.310 e. The van der Waals surface area contributed by atoms with Crippen molar-refractivity contribution < 1.29 is 4.39 Å². The van der Waals surface area contributed by atoms with Gasteiger partial charge in [0.1, 0.15) is 5.82 Å². The van der Waals surface area contributed by atoms with E-state index in [0.29, 0.717) is 0 Å². The molecule has 0 aliphatic heterocycles. The first kappa shape index (κ1) is 14.2. The van der Waals surface area contributed by atoms with Crippen LogP contribution in [0.15, 0.2) is 53.0 Å². The third kappa shape index (κ3) is 3.88. The van der Waals surface area contributed by atoms with Gasteiger partial charge in [-0.3, -0.25) is 0 Å². The van der Waals surface area contributed by atoms with Crippen molar-refractivity contribution in [2.75, 3.05) is 6.54 Å². The molecule has 0 aliphatic rings. The van der Waals surface area contributed by atoms with Gasteiger partial charge in [0.05, 0.1) is 0 Å². The number of hydrogen-bond donors (Lipinski definition) is 1. The maximum absolute atomic E-state index is 13.1. The lowest BCUT2D eigenvalue weighted by Gasteiger charge is -2.19. The summed E-state index contributed by atoms with van der Waals surface area (Å²) in [5, 5.41) is 3.47. The zero-order valence-electron chi connectivity index (χ0n) is 10.9. The van der Waals surface area contributed by atoms with Gasteiger partial charge in [-0.15, -0.1) is 0 Å². The van der Waals surface area contributed by atoms with Crippen LogP contribution in [0.1, 0.15) is 24.1 Å². The third-order valence-electron chi connectivity index (χ3n) is 3.09. The molecule has 2 aromatic rings. The van der Waals surface area contributed by atoms with E-state index in [0.717, 1.165) is 23.0 Å². The largest absolute Gasteiger partial charge is 0.310 e.